The number of aromatic nitrogens is 3. The van der Waals surface area contributed by atoms with Crippen molar-refractivity contribution in [2.45, 2.75) is 31.5 Å². The first-order valence-corrected chi connectivity index (χ1v) is 9.93. The smallest absolute Gasteiger partial charge is 0.417 e. The number of halogens is 5. The Morgan fingerprint density at radius 1 is 0.969 bits per heavy atom. The zero-order valence-electron chi connectivity index (χ0n) is 16.5. The average molecular weight is 445 g/mol. The maximum Gasteiger partial charge on any atom is 0.417 e. The van der Waals surface area contributed by atoms with Crippen molar-refractivity contribution < 1.29 is 26.7 Å². The molecule has 0 saturated heterocycles. The molecule has 0 atom stereocenters. The van der Waals surface area contributed by atoms with Crippen LogP contribution in [0.15, 0.2) is 60.7 Å². The fourth-order valence-electron chi connectivity index (χ4n) is 3.74. The number of benzene rings is 2. The van der Waals surface area contributed by atoms with Gasteiger partial charge in [-0.25, -0.2) is 9.67 Å². The second kappa shape index (κ2) is 7.58. The van der Waals surface area contributed by atoms with Gasteiger partial charge in [0.2, 0.25) is 0 Å². The van der Waals surface area contributed by atoms with Gasteiger partial charge in [-0.15, -0.1) is 0 Å². The molecule has 164 valence electrons. The van der Waals surface area contributed by atoms with Crippen molar-refractivity contribution in [3.63, 3.8) is 0 Å². The summed E-state index contributed by atoms with van der Waals surface area (Å²) in [6.45, 7) is -3.05. The van der Waals surface area contributed by atoms with Gasteiger partial charge in [0, 0.05) is 11.5 Å². The lowest BCUT2D eigenvalue weighted by Crippen LogP contribution is -2.08. The summed E-state index contributed by atoms with van der Waals surface area (Å²) in [6.07, 6.45) is -3.11. The lowest BCUT2D eigenvalue weighted by Gasteiger charge is -2.13. The summed E-state index contributed by atoms with van der Waals surface area (Å²) in [7, 11) is 0. The average Bonchev–Trinajstić information content (AvgIpc) is 3.53. The molecule has 2 heterocycles. The van der Waals surface area contributed by atoms with E-state index in [9.17, 15) is 22.0 Å². The van der Waals surface area contributed by atoms with Crippen LogP contribution in [0.2, 0.25) is 0 Å². The lowest BCUT2D eigenvalue weighted by atomic mass is 10.0. The molecule has 9 heteroatoms. The van der Waals surface area contributed by atoms with Crippen LogP contribution < -0.4 is 4.74 Å². The molecule has 0 spiro atoms. The van der Waals surface area contributed by atoms with Crippen molar-refractivity contribution in [2.24, 2.45) is 0 Å². The minimum Gasteiger partial charge on any atom is -0.435 e. The third-order valence-electron chi connectivity index (χ3n) is 5.29. The predicted octanol–water partition coefficient (Wildman–Crippen LogP) is 6.59. The third-order valence-corrected chi connectivity index (χ3v) is 5.29. The van der Waals surface area contributed by atoms with Crippen molar-refractivity contribution >= 4 is 11.0 Å². The quantitative estimate of drug-likeness (QED) is 0.326. The second-order valence-corrected chi connectivity index (χ2v) is 7.56. The van der Waals surface area contributed by atoms with Gasteiger partial charge in [-0.05, 0) is 43.2 Å². The molecule has 1 aliphatic carbocycles. The molecule has 1 saturated carbocycles. The van der Waals surface area contributed by atoms with Crippen molar-refractivity contribution in [3.8, 4) is 22.7 Å². The van der Waals surface area contributed by atoms with Gasteiger partial charge in [0.25, 0.3) is 0 Å². The maximum atomic E-state index is 14.2. The van der Waals surface area contributed by atoms with E-state index in [1.165, 1.54) is 28.9 Å². The first-order valence-electron chi connectivity index (χ1n) is 9.93. The minimum atomic E-state index is -4.65. The summed E-state index contributed by atoms with van der Waals surface area (Å²) < 4.78 is 73.5. The van der Waals surface area contributed by atoms with Gasteiger partial charge in [0.05, 0.1) is 28.0 Å². The summed E-state index contributed by atoms with van der Waals surface area (Å²) in [5.41, 5.74) is 0.403. The molecule has 0 amide bonds. The van der Waals surface area contributed by atoms with E-state index in [4.69, 9.17) is 0 Å². The molecule has 4 nitrogen and oxygen atoms in total. The predicted molar refractivity (Wildman–Crippen MR) is 108 cm³/mol. The van der Waals surface area contributed by atoms with Gasteiger partial charge < -0.3 is 4.74 Å². The Bertz CT molecular complexity index is 1280. The molecule has 0 unspecified atom stereocenters. The van der Waals surface area contributed by atoms with E-state index in [1.54, 1.807) is 30.3 Å². The summed E-state index contributed by atoms with van der Waals surface area (Å²) in [5.74, 6) is -0.206. The number of fused-ring (bicyclic) bond motifs is 1. The van der Waals surface area contributed by atoms with E-state index in [0.717, 1.165) is 18.9 Å². The summed E-state index contributed by atoms with van der Waals surface area (Å²) in [4.78, 5) is 4.50. The van der Waals surface area contributed by atoms with Gasteiger partial charge in [0.15, 0.2) is 5.65 Å². The Kier molecular flexibility index (Phi) is 4.83. The van der Waals surface area contributed by atoms with E-state index in [-0.39, 0.29) is 34.0 Å². The molecule has 0 N–H and O–H groups in total. The van der Waals surface area contributed by atoms with Gasteiger partial charge >= 0.3 is 12.8 Å². The van der Waals surface area contributed by atoms with Crippen LogP contribution in [0.3, 0.4) is 0 Å². The van der Waals surface area contributed by atoms with Gasteiger partial charge in [0.1, 0.15) is 5.75 Å². The van der Waals surface area contributed by atoms with Crippen molar-refractivity contribution in [2.75, 3.05) is 0 Å². The van der Waals surface area contributed by atoms with E-state index in [0.29, 0.717) is 11.4 Å². The summed E-state index contributed by atoms with van der Waals surface area (Å²) in [6, 6.07) is 15.2. The number of rotatable bonds is 5. The highest BCUT2D eigenvalue weighted by atomic mass is 19.4. The second-order valence-electron chi connectivity index (χ2n) is 7.56. The molecule has 0 aliphatic heterocycles. The van der Waals surface area contributed by atoms with E-state index < -0.39 is 18.4 Å². The van der Waals surface area contributed by atoms with Crippen LogP contribution in [-0.2, 0) is 6.18 Å². The van der Waals surface area contributed by atoms with Crippen LogP contribution in [0, 0.1) is 0 Å². The highest BCUT2D eigenvalue weighted by Crippen LogP contribution is 2.47. The Morgan fingerprint density at radius 3 is 2.38 bits per heavy atom. The molecule has 0 bridgehead atoms. The van der Waals surface area contributed by atoms with Crippen LogP contribution in [0.4, 0.5) is 22.0 Å². The first-order chi connectivity index (χ1) is 15.3. The third kappa shape index (κ3) is 3.79. The Morgan fingerprint density at radius 2 is 1.72 bits per heavy atom. The van der Waals surface area contributed by atoms with Gasteiger partial charge in [-0.3, -0.25) is 0 Å². The highest BCUT2D eigenvalue weighted by Gasteiger charge is 2.39. The van der Waals surface area contributed by atoms with Gasteiger partial charge in [-0.2, -0.15) is 27.1 Å². The van der Waals surface area contributed by atoms with E-state index >= 15 is 0 Å². The standard InChI is InChI=1S/C23H16F5N3O/c24-22(25)32-16-8-4-5-14(11-16)18-12-17(23(26,27)28)19-20(13-9-10-13)30-31(21(19)29-18)15-6-2-1-3-7-15/h1-8,11-13,22H,9-10H2. The maximum absolute atomic E-state index is 14.2. The first kappa shape index (κ1) is 20.4. The molecular weight excluding hydrogens is 429 g/mol. The zero-order chi connectivity index (χ0) is 22.5. The largest absolute Gasteiger partial charge is 0.435 e. The van der Waals surface area contributed by atoms with Crippen molar-refractivity contribution in [3.05, 3.63) is 71.9 Å². The molecule has 2 aromatic carbocycles. The Hall–Kier alpha value is -3.49. The SMILES string of the molecule is FC(F)Oc1cccc(-c2cc(C(F)(F)F)c3c(C4CC4)nn(-c4ccccc4)c3n2)c1. The number of nitrogens with zero attached hydrogens (tertiary/aromatic N) is 3. The van der Waals surface area contributed by atoms with E-state index in [1.807, 2.05) is 0 Å². The number of ether oxygens (including phenoxy) is 1. The van der Waals surface area contributed by atoms with Gasteiger partial charge in [-0.1, -0.05) is 30.3 Å². The highest BCUT2D eigenvalue weighted by molar-refractivity contribution is 5.88. The van der Waals surface area contributed by atoms with Crippen LogP contribution >= 0.6 is 0 Å². The minimum absolute atomic E-state index is 0.0102. The number of alkyl halides is 5. The summed E-state index contributed by atoms with van der Waals surface area (Å²) in [5, 5.41) is 4.50. The molecule has 5 rings (SSSR count). The van der Waals surface area contributed by atoms with Crippen LogP contribution in [0.1, 0.15) is 30.0 Å². The monoisotopic (exact) mass is 445 g/mol. The molecule has 1 aliphatic rings. The van der Waals surface area contributed by atoms with Crippen LogP contribution in [0.5, 0.6) is 5.75 Å². The van der Waals surface area contributed by atoms with Crippen LogP contribution in [-0.4, -0.2) is 21.4 Å². The Labute approximate surface area is 179 Å². The molecule has 32 heavy (non-hydrogen) atoms. The number of para-hydroxylation sites is 1. The molecule has 2 aromatic heterocycles. The number of hydrogen-bond donors (Lipinski definition) is 0. The lowest BCUT2D eigenvalue weighted by molar-refractivity contribution is -0.136. The Balaban J connectivity index is 1.78. The molecule has 1 fully saturated rings. The molecule has 0 radical (unpaired) electrons. The van der Waals surface area contributed by atoms with Crippen molar-refractivity contribution in [1.29, 1.82) is 0 Å². The molecule has 4 aromatic rings. The van der Waals surface area contributed by atoms with Crippen LogP contribution in [0.25, 0.3) is 28.0 Å². The topological polar surface area (TPSA) is 39.9 Å². The van der Waals surface area contributed by atoms with E-state index in [2.05, 4.69) is 14.8 Å². The number of hydrogen-bond acceptors (Lipinski definition) is 3. The van der Waals surface area contributed by atoms with Crippen molar-refractivity contribution in [1.82, 2.24) is 14.8 Å². The summed E-state index contributed by atoms with van der Waals surface area (Å²) >= 11 is 0. The molecular formula is C23H16F5N3O. The normalized spacial score (nSPS) is 14.3. The fourth-order valence-corrected chi connectivity index (χ4v) is 3.74. The number of pyridine rings is 1. The zero-order valence-corrected chi connectivity index (χ0v) is 16.5. The fraction of sp³-hybridized carbons (Fsp3) is 0.217.